The summed E-state index contributed by atoms with van der Waals surface area (Å²) in [6, 6.07) is 8.15. The molecule has 2 rings (SSSR count). The highest BCUT2D eigenvalue weighted by atomic mass is 16.7. The van der Waals surface area contributed by atoms with Crippen molar-refractivity contribution in [2.75, 3.05) is 6.61 Å². The molecule has 1 saturated heterocycles. The fourth-order valence-corrected chi connectivity index (χ4v) is 1.57. The van der Waals surface area contributed by atoms with Crippen molar-refractivity contribution in [2.45, 2.75) is 32.3 Å². The van der Waals surface area contributed by atoms with Crippen LogP contribution in [-0.4, -0.2) is 18.8 Å². The molecule has 3 atom stereocenters. The van der Waals surface area contributed by atoms with Crippen LogP contribution in [0.25, 0.3) is 0 Å². The Morgan fingerprint density at radius 1 is 1.27 bits per heavy atom. The molecule has 0 amide bonds. The molecule has 0 aliphatic carbocycles. The van der Waals surface area contributed by atoms with E-state index < -0.39 is 0 Å². The van der Waals surface area contributed by atoms with Crippen molar-refractivity contribution in [1.82, 2.24) is 0 Å². The Bertz CT molecular complexity index is 323. The molecule has 1 heterocycles. The van der Waals surface area contributed by atoms with Gasteiger partial charge in [0, 0.05) is 5.56 Å². The molecule has 2 N–H and O–H groups in total. The average molecular weight is 207 g/mol. The number of hydrogen-bond acceptors (Lipinski definition) is 3. The van der Waals surface area contributed by atoms with E-state index in [1.54, 1.807) is 0 Å². The minimum Gasteiger partial charge on any atom is -0.347 e. The third kappa shape index (κ3) is 2.37. The second kappa shape index (κ2) is 4.31. The number of nitrogens with two attached hydrogens (primary N) is 1. The van der Waals surface area contributed by atoms with Gasteiger partial charge in [-0.25, -0.2) is 0 Å². The first-order valence-corrected chi connectivity index (χ1v) is 5.26. The van der Waals surface area contributed by atoms with Gasteiger partial charge in [0.2, 0.25) is 0 Å². The zero-order chi connectivity index (χ0) is 10.8. The fourth-order valence-electron chi connectivity index (χ4n) is 1.57. The molecule has 0 unspecified atom stereocenters. The molecular weight excluding hydrogens is 190 g/mol. The summed E-state index contributed by atoms with van der Waals surface area (Å²) in [4.78, 5) is 0. The predicted octanol–water partition coefficient (Wildman–Crippen LogP) is 1.76. The highest BCUT2D eigenvalue weighted by Crippen LogP contribution is 2.25. The highest BCUT2D eigenvalue weighted by molar-refractivity contribution is 5.22. The van der Waals surface area contributed by atoms with Gasteiger partial charge in [0.05, 0.1) is 18.8 Å². The number of ether oxygens (including phenoxy) is 2. The second-order valence-corrected chi connectivity index (χ2v) is 4.08. The van der Waals surface area contributed by atoms with E-state index in [4.69, 9.17) is 15.2 Å². The molecule has 0 saturated carbocycles. The molecular formula is C12H17NO2. The van der Waals surface area contributed by atoms with Gasteiger partial charge < -0.3 is 15.2 Å². The van der Waals surface area contributed by atoms with Crippen LogP contribution in [0.15, 0.2) is 24.3 Å². The number of hydrogen-bond donors (Lipinski definition) is 1. The van der Waals surface area contributed by atoms with Gasteiger partial charge in [0.1, 0.15) is 0 Å². The van der Waals surface area contributed by atoms with Gasteiger partial charge >= 0.3 is 0 Å². The Labute approximate surface area is 90.2 Å². The van der Waals surface area contributed by atoms with Crippen molar-refractivity contribution in [3.05, 3.63) is 35.4 Å². The largest absolute Gasteiger partial charge is 0.347 e. The first kappa shape index (κ1) is 10.6. The van der Waals surface area contributed by atoms with E-state index in [-0.39, 0.29) is 18.4 Å². The van der Waals surface area contributed by atoms with Crippen LogP contribution in [0.3, 0.4) is 0 Å². The van der Waals surface area contributed by atoms with Crippen molar-refractivity contribution in [2.24, 2.45) is 5.73 Å². The predicted molar refractivity (Wildman–Crippen MR) is 58.4 cm³/mol. The summed E-state index contributed by atoms with van der Waals surface area (Å²) in [5.74, 6) is 0. The maximum atomic E-state index is 5.79. The molecule has 0 aromatic heterocycles. The third-order valence-corrected chi connectivity index (χ3v) is 2.73. The first-order valence-electron chi connectivity index (χ1n) is 5.26. The van der Waals surface area contributed by atoms with Crippen molar-refractivity contribution in [3.8, 4) is 0 Å². The third-order valence-electron chi connectivity index (χ3n) is 2.73. The Balaban J connectivity index is 2.08. The smallest absolute Gasteiger partial charge is 0.184 e. The normalized spacial score (nSPS) is 31.5. The summed E-state index contributed by atoms with van der Waals surface area (Å²) >= 11 is 0. The molecule has 1 aliphatic rings. The standard InChI is InChI=1S/C12H17NO2/c1-8-3-5-10(6-4-8)12-14-7-11(13)9(2)15-12/h3-6,9,11-12H,7,13H2,1-2H3/t9-,11-,12+/m1/s1. The van der Waals surface area contributed by atoms with Crippen LogP contribution in [0.1, 0.15) is 24.3 Å². The van der Waals surface area contributed by atoms with E-state index >= 15 is 0 Å². The molecule has 82 valence electrons. The van der Waals surface area contributed by atoms with Crippen molar-refractivity contribution >= 4 is 0 Å². The zero-order valence-corrected chi connectivity index (χ0v) is 9.14. The van der Waals surface area contributed by atoms with Crippen LogP contribution in [0.4, 0.5) is 0 Å². The quantitative estimate of drug-likeness (QED) is 0.763. The van der Waals surface area contributed by atoms with Crippen LogP contribution in [0.2, 0.25) is 0 Å². The molecule has 1 fully saturated rings. The molecule has 1 aromatic rings. The lowest BCUT2D eigenvalue weighted by molar-refractivity contribution is -0.219. The van der Waals surface area contributed by atoms with Crippen LogP contribution >= 0.6 is 0 Å². The van der Waals surface area contributed by atoms with Crippen molar-refractivity contribution < 1.29 is 9.47 Å². The Hall–Kier alpha value is -0.900. The van der Waals surface area contributed by atoms with Gasteiger partial charge in [-0.05, 0) is 13.8 Å². The van der Waals surface area contributed by atoms with Crippen LogP contribution < -0.4 is 5.73 Å². The van der Waals surface area contributed by atoms with Crippen LogP contribution in [0.5, 0.6) is 0 Å². The molecule has 0 bridgehead atoms. The molecule has 0 spiro atoms. The van der Waals surface area contributed by atoms with E-state index in [2.05, 4.69) is 19.1 Å². The molecule has 0 radical (unpaired) electrons. The Kier molecular flexibility index (Phi) is 3.05. The van der Waals surface area contributed by atoms with Gasteiger partial charge in [-0.2, -0.15) is 0 Å². The SMILES string of the molecule is Cc1ccc([C@H]2OC[C@@H](N)[C@@H](C)O2)cc1. The molecule has 3 nitrogen and oxygen atoms in total. The first-order chi connectivity index (χ1) is 7.16. The molecule has 1 aliphatic heterocycles. The van der Waals surface area contributed by atoms with Crippen molar-refractivity contribution in [3.63, 3.8) is 0 Å². The Morgan fingerprint density at radius 3 is 2.53 bits per heavy atom. The van der Waals surface area contributed by atoms with E-state index in [1.165, 1.54) is 5.56 Å². The van der Waals surface area contributed by atoms with Crippen LogP contribution in [0, 0.1) is 6.92 Å². The molecule has 15 heavy (non-hydrogen) atoms. The lowest BCUT2D eigenvalue weighted by atomic mass is 10.1. The summed E-state index contributed by atoms with van der Waals surface area (Å²) in [5.41, 5.74) is 8.08. The lowest BCUT2D eigenvalue weighted by Crippen LogP contribution is -2.44. The minimum absolute atomic E-state index is 0.0216. The Morgan fingerprint density at radius 2 is 1.93 bits per heavy atom. The van der Waals surface area contributed by atoms with Gasteiger partial charge in [-0.15, -0.1) is 0 Å². The molecule has 1 aromatic carbocycles. The summed E-state index contributed by atoms with van der Waals surface area (Å²) in [6.07, 6.45) is -0.217. The van der Waals surface area contributed by atoms with E-state index in [1.807, 2.05) is 19.1 Å². The van der Waals surface area contributed by atoms with Gasteiger partial charge in [0.25, 0.3) is 0 Å². The minimum atomic E-state index is -0.264. The fraction of sp³-hybridized carbons (Fsp3) is 0.500. The zero-order valence-electron chi connectivity index (χ0n) is 9.14. The summed E-state index contributed by atoms with van der Waals surface area (Å²) in [6.45, 7) is 4.60. The van der Waals surface area contributed by atoms with Gasteiger partial charge in [0.15, 0.2) is 6.29 Å². The number of rotatable bonds is 1. The maximum Gasteiger partial charge on any atom is 0.184 e. The van der Waals surface area contributed by atoms with Crippen LogP contribution in [-0.2, 0) is 9.47 Å². The molecule has 3 heteroatoms. The number of aryl methyl sites for hydroxylation is 1. The van der Waals surface area contributed by atoms with E-state index in [0.717, 1.165) is 5.56 Å². The summed E-state index contributed by atoms with van der Waals surface area (Å²) < 4.78 is 11.2. The topological polar surface area (TPSA) is 44.5 Å². The maximum absolute atomic E-state index is 5.79. The average Bonchev–Trinajstić information content (AvgIpc) is 2.23. The summed E-state index contributed by atoms with van der Waals surface area (Å²) in [5, 5.41) is 0. The second-order valence-electron chi connectivity index (χ2n) is 4.08. The highest BCUT2D eigenvalue weighted by Gasteiger charge is 2.26. The number of benzene rings is 1. The van der Waals surface area contributed by atoms with Crippen molar-refractivity contribution in [1.29, 1.82) is 0 Å². The lowest BCUT2D eigenvalue weighted by Gasteiger charge is -2.32. The van der Waals surface area contributed by atoms with Gasteiger partial charge in [-0.3, -0.25) is 0 Å². The van der Waals surface area contributed by atoms with Gasteiger partial charge in [-0.1, -0.05) is 29.8 Å². The monoisotopic (exact) mass is 207 g/mol. The summed E-state index contributed by atoms with van der Waals surface area (Å²) in [7, 11) is 0. The van der Waals surface area contributed by atoms with E-state index in [0.29, 0.717) is 6.61 Å². The van der Waals surface area contributed by atoms with E-state index in [9.17, 15) is 0 Å².